The van der Waals surface area contributed by atoms with Gasteiger partial charge in [0, 0.05) is 24.7 Å². The highest BCUT2D eigenvalue weighted by Gasteiger charge is 2.31. The number of H-pyrrole nitrogens is 1. The molecule has 0 aliphatic heterocycles. The smallest absolute Gasteiger partial charge is 0.326 e. The molecule has 0 radical (unpaired) electrons. The molecule has 0 fully saturated rings. The molecule has 3 amide bonds. The quantitative estimate of drug-likeness (QED) is 0.162. The predicted octanol–water partition coefficient (Wildman–Crippen LogP) is 0.176. The molecule has 0 aliphatic carbocycles. The van der Waals surface area contributed by atoms with E-state index >= 15 is 0 Å². The maximum atomic E-state index is 13.4. The molecule has 0 aliphatic rings. The minimum absolute atomic E-state index is 0.0141. The number of carboxylic acids is 1. The summed E-state index contributed by atoms with van der Waals surface area (Å²) in [5.74, 6) is -2.77. The number of aromatic amines is 1. The highest BCUT2D eigenvalue weighted by molar-refractivity contribution is 7.98. The fourth-order valence-corrected chi connectivity index (χ4v) is 4.09. The first-order valence-electron chi connectivity index (χ1n) is 12.1. The van der Waals surface area contributed by atoms with Crippen LogP contribution in [0.2, 0.25) is 0 Å². The summed E-state index contributed by atoms with van der Waals surface area (Å²) in [6.07, 6.45) is 5.34. The summed E-state index contributed by atoms with van der Waals surface area (Å²) in [7, 11) is 0. The molecule has 0 bridgehead atoms. The number of carbonyl (C=O) groups is 4. The Kier molecular flexibility index (Phi) is 12.1. The van der Waals surface area contributed by atoms with Gasteiger partial charge in [-0.1, -0.05) is 26.0 Å². The average molecular weight is 549 g/mol. The number of nitrogens with zero attached hydrogens (tertiary/aromatic N) is 1. The van der Waals surface area contributed by atoms with Gasteiger partial charge >= 0.3 is 5.97 Å². The fraction of sp³-hybridized carbons (Fsp3) is 0.480. The van der Waals surface area contributed by atoms with Crippen molar-refractivity contribution in [1.82, 2.24) is 25.9 Å². The van der Waals surface area contributed by atoms with E-state index in [-0.39, 0.29) is 18.6 Å². The molecule has 208 valence electrons. The third-order valence-electron chi connectivity index (χ3n) is 5.82. The van der Waals surface area contributed by atoms with E-state index < -0.39 is 53.8 Å². The molecule has 0 saturated heterocycles. The van der Waals surface area contributed by atoms with Crippen LogP contribution in [-0.2, 0) is 32.0 Å². The van der Waals surface area contributed by atoms with E-state index in [2.05, 4.69) is 25.9 Å². The molecule has 0 saturated carbocycles. The van der Waals surface area contributed by atoms with Gasteiger partial charge in [-0.25, -0.2) is 9.78 Å². The number of aromatic hydroxyl groups is 1. The van der Waals surface area contributed by atoms with Crippen molar-refractivity contribution in [3.63, 3.8) is 0 Å². The first-order valence-corrected chi connectivity index (χ1v) is 13.5. The van der Waals surface area contributed by atoms with Gasteiger partial charge in [-0.05, 0) is 42.0 Å². The molecule has 13 heteroatoms. The summed E-state index contributed by atoms with van der Waals surface area (Å²) in [5, 5.41) is 26.9. The number of nitrogens with two attached hydrogens (primary N) is 1. The monoisotopic (exact) mass is 548 g/mol. The summed E-state index contributed by atoms with van der Waals surface area (Å²) in [5.41, 5.74) is 7.18. The van der Waals surface area contributed by atoms with Crippen molar-refractivity contribution in [2.24, 2.45) is 11.7 Å². The van der Waals surface area contributed by atoms with Crippen LogP contribution in [0.15, 0.2) is 36.8 Å². The van der Waals surface area contributed by atoms with Crippen LogP contribution < -0.4 is 21.7 Å². The molecular formula is C25H36N6O6S. The van der Waals surface area contributed by atoms with E-state index in [0.29, 0.717) is 23.4 Å². The number of carboxylic acid groups (broad SMARTS) is 1. The minimum Gasteiger partial charge on any atom is -0.508 e. The van der Waals surface area contributed by atoms with E-state index in [1.54, 1.807) is 37.7 Å². The van der Waals surface area contributed by atoms with Crippen molar-refractivity contribution < 1.29 is 29.4 Å². The van der Waals surface area contributed by atoms with E-state index in [0.717, 1.165) is 0 Å². The molecule has 0 spiro atoms. The number of hydrogen-bond acceptors (Lipinski definition) is 8. The largest absolute Gasteiger partial charge is 0.508 e. The van der Waals surface area contributed by atoms with Crippen molar-refractivity contribution in [3.05, 3.63) is 48.0 Å². The molecular weight excluding hydrogens is 512 g/mol. The number of benzene rings is 1. The second-order valence-corrected chi connectivity index (χ2v) is 10.2. The predicted molar refractivity (Wildman–Crippen MR) is 143 cm³/mol. The molecule has 12 nitrogen and oxygen atoms in total. The van der Waals surface area contributed by atoms with Gasteiger partial charge in [-0.3, -0.25) is 14.4 Å². The number of phenols is 1. The van der Waals surface area contributed by atoms with Crippen LogP contribution >= 0.6 is 11.8 Å². The van der Waals surface area contributed by atoms with E-state index in [1.165, 1.54) is 24.7 Å². The Bertz CT molecular complexity index is 1060. The summed E-state index contributed by atoms with van der Waals surface area (Å²) in [6.45, 7) is 3.31. The van der Waals surface area contributed by atoms with Gasteiger partial charge in [0.05, 0.1) is 12.4 Å². The van der Waals surface area contributed by atoms with Crippen molar-refractivity contribution >= 4 is 35.5 Å². The Hall–Kier alpha value is -3.58. The minimum atomic E-state index is -1.20. The summed E-state index contributed by atoms with van der Waals surface area (Å²) < 4.78 is 0. The number of thioether (sulfide) groups is 1. The maximum Gasteiger partial charge on any atom is 0.326 e. The third-order valence-corrected chi connectivity index (χ3v) is 6.47. The van der Waals surface area contributed by atoms with Crippen molar-refractivity contribution in [1.29, 1.82) is 0 Å². The Balaban J connectivity index is 2.28. The Morgan fingerprint density at radius 3 is 2.16 bits per heavy atom. The maximum absolute atomic E-state index is 13.4. The number of amides is 3. The fourth-order valence-electron chi connectivity index (χ4n) is 3.60. The third kappa shape index (κ3) is 9.71. The number of aromatic nitrogens is 2. The summed E-state index contributed by atoms with van der Waals surface area (Å²) in [6, 6.07) is 1.82. The standard InChI is InChI=1S/C25H36N6O6S/c1-14(2)21(25(36)37)31-24(35)19(10-15-4-6-17(32)7-5-15)30-23(34)20(11-16-12-27-13-28-16)29-22(33)18(26)8-9-38-3/h4-7,12-14,18-21,32H,8-11,26H2,1-3H3,(H,27,28)(H,29,33)(H,30,34)(H,31,35)(H,36,37). The molecule has 38 heavy (non-hydrogen) atoms. The zero-order chi connectivity index (χ0) is 28.2. The van der Waals surface area contributed by atoms with Crippen LogP contribution in [0.5, 0.6) is 5.75 Å². The normalized spacial score (nSPS) is 14.2. The highest BCUT2D eigenvalue weighted by atomic mass is 32.2. The molecule has 8 N–H and O–H groups in total. The van der Waals surface area contributed by atoms with Crippen LogP contribution in [0.3, 0.4) is 0 Å². The van der Waals surface area contributed by atoms with Crippen molar-refractivity contribution in [2.45, 2.75) is 57.3 Å². The number of hydrogen-bond donors (Lipinski definition) is 7. The molecule has 2 aromatic rings. The van der Waals surface area contributed by atoms with Gasteiger partial charge in [0.1, 0.15) is 23.9 Å². The zero-order valence-corrected chi connectivity index (χ0v) is 22.5. The first-order chi connectivity index (χ1) is 18.0. The zero-order valence-electron chi connectivity index (χ0n) is 21.6. The molecule has 4 atom stereocenters. The number of nitrogens with one attached hydrogen (secondary N) is 4. The van der Waals surface area contributed by atoms with Gasteiger partial charge in [-0.15, -0.1) is 0 Å². The molecule has 4 unspecified atom stereocenters. The van der Waals surface area contributed by atoms with Crippen LogP contribution in [0, 0.1) is 5.92 Å². The lowest BCUT2D eigenvalue weighted by Crippen LogP contribution is -2.58. The Labute approximate surface area is 225 Å². The van der Waals surface area contributed by atoms with Gasteiger partial charge in [0.15, 0.2) is 0 Å². The van der Waals surface area contributed by atoms with Gasteiger partial charge in [-0.2, -0.15) is 11.8 Å². The van der Waals surface area contributed by atoms with Crippen LogP contribution in [0.4, 0.5) is 0 Å². The van der Waals surface area contributed by atoms with Crippen LogP contribution in [-0.4, -0.2) is 80.0 Å². The number of carbonyl (C=O) groups excluding carboxylic acids is 3. The second-order valence-electron chi connectivity index (χ2n) is 9.23. The van der Waals surface area contributed by atoms with Gasteiger partial charge < -0.3 is 36.9 Å². The lowest BCUT2D eigenvalue weighted by molar-refractivity contribution is -0.143. The molecule has 1 aromatic heterocycles. The van der Waals surface area contributed by atoms with E-state index in [1.807, 2.05) is 6.26 Å². The van der Waals surface area contributed by atoms with Crippen molar-refractivity contribution in [2.75, 3.05) is 12.0 Å². The van der Waals surface area contributed by atoms with Gasteiger partial charge in [0.2, 0.25) is 17.7 Å². The molecule has 1 aromatic carbocycles. The SMILES string of the molecule is CSCCC(N)C(=O)NC(Cc1cnc[nH]1)C(=O)NC(Cc1ccc(O)cc1)C(=O)NC(C(=O)O)C(C)C. The lowest BCUT2D eigenvalue weighted by Gasteiger charge is -2.26. The van der Waals surface area contributed by atoms with Gasteiger partial charge in [0.25, 0.3) is 0 Å². The first kappa shape index (κ1) is 30.6. The second kappa shape index (κ2) is 15.0. The Morgan fingerprint density at radius 2 is 1.61 bits per heavy atom. The van der Waals surface area contributed by atoms with Crippen LogP contribution in [0.1, 0.15) is 31.5 Å². The number of rotatable bonds is 15. The number of aliphatic carboxylic acids is 1. The van der Waals surface area contributed by atoms with Crippen LogP contribution in [0.25, 0.3) is 0 Å². The lowest BCUT2D eigenvalue weighted by atomic mass is 10.0. The summed E-state index contributed by atoms with van der Waals surface area (Å²) in [4.78, 5) is 57.8. The van der Waals surface area contributed by atoms with Crippen molar-refractivity contribution in [3.8, 4) is 5.75 Å². The average Bonchev–Trinajstić information content (AvgIpc) is 3.38. The number of imidazole rings is 1. The van der Waals surface area contributed by atoms with E-state index in [9.17, 15) is 29.4 Å². The molecule has 1 heterocycles. The summed E-state index contributed by atoms with van der Waals surface area (Å²) >= 11 is 1.54. The van der Waals surface area contributed by atoms with E-state index in [4.69, 9.17) is 5.73 Å². The Morgan fingerprint density at radius 1 is 1.00 bits per heavy atom. The highest BCUT2D eigenvalue weighted by Crippen LogP contribution is 2.13. The number of phenolic OH excluding ortho intramolecular Hbond substituents is 1. The topological polar surface area (TPSA) is 200 Å². The molecule has 2 rings (SSSR count).